The van der Waals surface area contributed by atoms with E-state index in [1.54, 1.807) is 6.07 Å². The Hall–Kier alpha value is -2.55. The Bertz CT molecular complexity index is 892. The molecule has 124 valence electrons. The van der Waals surface area contributed by atoms with Gasteiger partial charge >= 0.3 is 5.63 Å². The van der Waals surface area contributed by atoms with Gasteiger partial charge in [-0.15, -0.1) is 0 Å². The van der Waals surface area contributed by atoms with Crippen molar-refractivity contribution in [3.8, 4) is 5.75 Å². The van der Waals surface area contributed by atoms with Crippen molar-refractivity contribution in [2.75, 3.05) is 0 Å². The van der Waals surface area contributed by atoms with Crippen LogP contribution in [-0.2, 0) is 13.0 Å². The van der Waals surface area contributed by atoms with Crippen LogP contribution in [-0.4, -0.2) is 0 Å². The summed E-state index contributed by atoms with van der Waals surface area (Å²) in [6.45, 7) is 6.68. The summed E-state index contributed by atoms with van der Waals surface area (Å²) in [5.41, 5.74) is 3.21. The van der Waals surface area contributed by atoms with E-state index in [1.807, 2.05) is 49.4 Å². The van der Waals surface area contributed by atoms with Crippen LogP contribution in [0.4, 0.5) is 0 Å². The second kappa shape index (κ2) is 6.91. The second-order valence-corrected chi connectivity index (χ2v) is 6.52. The van der Waals surface area contributed by atoms with Crippen molar-refractivity contribution < 1.29 is 9.15 Å². The Balaban J connectivity index is 1.90. The van der Waals surface area contributed by atoms with E-state index in [2.05, 4.69) is 13.8 Å². The standard InChI is InChI=1S/C21H22O3/c1-14(2)11-19-15(3)18-10-9-17(12-20(18)24-21(19)22)23-13-16-7-5-4-6-8-16/h4-10,12,14H,11,13H2,1-3H3. The minimum Gasteiger partial charge on any atom is -0.489 e. The summed E-state index contributed by atoms with van der Waals surface area (Å²) in [6.07, 6.45) is 0.733. The largest absolute Gasteiger partial charge is 0.489 e. The molecule has 3 heteroatoms. The number of benzene rings is 2. The molecule has 0 fully saturated rings. The Morgan fingerprint density at radius 2 is 1.83 bits per heavy atom. The number of rotatable bonds is 5. The van der Waals surface area contributed by atoms with E-state index in [0.29, 0.717) is 23.9 Å². The SMILES string of the molecule is Cc1c(CC(C)C)c(=O)oc2cc(OCc3ccccc3)ccc12. The fraction of sp³-hybridized carbons (Fsp3) is 0.286. The quantitative estimate of drug-likeness (QED) is 0.629. The number of aryl methyl sites for hydroxylation is 1. The third-order valence-corrected chi connectivity index (χ3v) is 4.12. The van der Waals surface area contributed by atoms with Crippen LogP contribution in [0.1, 0.15) is 30.5 Å². The molecule has 1 heterocycles. The van der Waals surface area contributed by atoms with Gasteiger partial charge in [-0.05, 0) is 42.5 Å². The van der Waals surface area contributed by atoms with Crippen LogP contribution in [0, 0.1) is 12.8 Å². The number of hydrogen-bond donors (Lipinski definition) is 0. The highest BCUT2D eigenvalue weighted by Crippen LogP contribution is 2.25. The molecule has 24 heavy (non-hydrogen) atoms. The van der Waals surface area contributed by atoms with E-state index in [-0.39, 0.29) is 5.63 Å². The molecule has 0 atom stereocenters. The predicted octanol–water partition coefficient (Wildman–Crippen LogP) is 4.88. The first kappa shape index (κ1) is 16.3. The van der Waals surface area contributed by atoms with E-state index < -0.39 is 0 Å². The van der Waals surface area contributed by atoms with Crippen molar-refractivity contribution in [3.05, 3.63) is 75.6 Å². The predicted molar refractivity (Wildman–Crippen MR) is 96.5 cm³/mol. The van der Waals surface area contributed by atoms with E-state index in [9.17, 15) is 4.79 Å². The third kappa shape index (κ3) is 3.51. The Morgan fingerprint density at radius 3 is 2.54 bits per heavy atom. The third-order valence-electron chi connectivity index (χ3n) is 4.12. The van der Waals surface area contributed by atoms with Crippen LogP contribution in [0.15, 0.2) is 57.7 Å². The number of hydrogen-bond acceptors (Lipinski definition) is 3. The molecule has 0 aliphatic carbocycles. The highest BCUT2D eigenvalue weighted by atomic mass is 16.5. The van der Waals surface area contributed by atoms with Crippen molar-refractivity contribution in [1.82, 2.24) is 0 Å². The van der Waals surface area contributed by atoms with Crippen LogP contribution in [0.2, 0.25) is 0 Å². The lowest BCUT2D eigenvalue weighted by molar-refractivity contribution is 0.306. The first-order chi connectivity index (χ1) is 11.5. The Labute approximate surface area is 141 Å². The fourth-order valence-electron chi connectivity index (χ4n) is 2.85. The molecule has 0 amide bonds. The highest BCUT2D eigenvalue weighted by molar-refractivity contribution is 5.82. The molecule has 3 rings (SSSR count). The van der Waals surface area contributed by atoms with Crippen molar-refractivity contribution in [3.63, 3.8) is 0 Å². The first-order valence-electron chi connectivity index (χ1n) is 8.27. The molecule has 0 saturated heterocycles. The smallest absolute Gasteiger partial charge is 0.339 e. The van der Waals surface area contributed by atoms with Crippen LogP contribution in [0.25, 0.3) is 11.0 Å². The van der Waals surface area contributed by atoms with Crippen LogP contribution in [0.3, 0.4) is 0 Å². The molecule has 1 aromatic heterocycles. The average Bonchev–Trinajstić information content (AvgIpc) is 2.57. The van der Waals surface area contributed by atoms with Crippen LogP contribution >= 0.6 is 0 Å². The zero-order valence-electron chi connectivity index (χ0n) is 14.3. The monoisotopic (exact) mass is 322 g/mol. The molecule has 3 aromatic rings. The molecule has 0 bridgehead atoms. The fourth-order valence-corrected chi connectivity index (χ4v) is 2.85. The molecule has 0 N–H and O–H groups in total. The summed E-state index contributed by atoms with van der Waals surface area (Å²) in [4.78, 5) is 12.3. The van der Waals surface area contributed by atoms with E-state index >= 15 is 0 Å². The van der Waals surface area contributed by atoms with Gasteiger partial charge in [-0.2, -0.15) is 0 Å². The molecular formula is C21H22O3. The molecular weight excluding hydrogens is 300 g/mol. The maximum absolute atomic E-state index is 12.3. The molecule has 0 aliphatic heterocycles. The van der Waals surface area contributed by atoms with Crippen molar-refractivity contribution >= 4 is 11.0 Å². The van der Waals surface area contributed by atoms with E-state index in [4.69, 9.17) is 9.15 Å². The van der Waals surface area contributed by atoms with Crippen LogP contribution < -0.4 is 10.4 Å². The van der Waals surface area contributed by atoms with Crippen molar-refractivity contribution in [2.24, 2.45) is 5.92 Å². The number of fused-ring (bicyclic) bond motifs is 1. The van der Waals surface area contributed by atoms with Gasteiger partial charge in [-0.3, -0.25) is 0 Å². The minimum absolute atomic E-state index is 0.242. The summed E-state index contributed by atoms with van der Waals surface area (Å²) >= 11 is 0. The highest BCUT2D eigenvalue weighted by Gasteiger charge is 2.13. The van der Waals surface area contributed by atoms with Gasteiger partial charge in [-0.1, -0.05) is 44.2 Å². The molecule has 0 spiro atoms. The Kier molecular flexibility index (Phi) is 4.70. The summed E-state index contributed by atoms with van der Waals surface area (Å²) in [5.74, 6) is 1.11. The van der Waals surface area contributed by atoms with Gasteiger partial charge in [0.05, 0.1) is 0 Å². The lowest BCUT2D eigenvalue weighted by atomic mass is 9.98. The lowest BCUT2D eigenvalue weighted by Gasteiger charge is -2.11. The zero-order chi connectivity index (χ0) is 17.1. The van der Waals surface area contributed by atoms with Gasteiger partial charge in [0.25, 0.3) is 0 Å². The van der Waals surface area contributed by atoms with Gasteiger partial charge in [0.1, 0.15) is 17.9 Å². The molecule has 0 saturated carbocycles. The maximum Gasteiger partial charge on any atom is 0.339 e. The average molecular weight is 322 g/mol. The summed E-state index contributed by atoms with van der Waals surface area (Å²) in [7, 11) is 0. The molecule has 2 aromatic carbocycles. The minimum atomic E-state index is -0.242. The summed E-state index contributed by atoms with van der Waals surface area (Å²) in [6, 6.07) is 15.7. The molecule has 0 radical (unpaired) electrons. The maximum atomic E-state index is 12.3. The van der Waals surface area contributed by atoms with Gasteiger partial charge in [0.2, 0.25) is 0 Å². The van der Waals surface area contributed by atoms with E-state index in [1.165, 1.54) is 0 Å². The first-order valence-corrected chi connectivity index (χ1v) is 8.27. The second-order valence-electron chi connectivity index (χ2n) is 6.52. The van der Waals surface area contributed by atoms with Crippen molar-refractivity contribution in [1.29, 1.82) is 0 Å². The number of ether oxygens (including phenoxy) is 1. The Morgan fingerprint density at radius 1 is 1.08 bits per heavy atom. The zero-order valence-corrected chi connectivity index (χ0v) is 14.3. The summed E-state index contributed by atoms with van der Waals surface area (Å²) in [5, 5.41) is 0.970. The van der Waals surface area contributed by atoms with Gasteiger partial charge in [-0.25, -0.2) is 4.79 Å². The van der Waals surface area contributed by atoms with Gasteiger partial charge in [0.15, 0.2) is 0 Å². The molecule has 0 unspecified atom stereocenters. The van der Waals surface area contributed by atoms with Gasteiger partial charge < -0.3 is 9.15 Å². The topological polar surface area (TPSA) is 39.4 Å². The molecule has 0 aliphatic rings. The van der Waals surface area contributed by atoms with Gasteiger partial charge in [0, 0.05) is 17.0 Å². The summed E-state index contributed by atoms with van der Waals surface area (Å²) < 4.78 is 11.3. The molecule has 3 nitrogen and oxygen atoms in total. The van der Waals surface area contributed by atoms with Crippen molar-refractivity contribution in [2.45, 2.75) is 33.8 Å². The lowest BCUT2D eigenvalue weighted by Crippen LogP contribution is -2.12. The van der Waals surface area contributed by atoms with Crippen LogP contribution in [0.5, 0.6) is 5.75 Å². The van der Waals surface area contributed by atoms with E-state index in [0.717, 1.165) is 28.5 Å². The normalized spacial score (nSPS) is 11.2.